The standard InChI is InChI=1S/C12H24N2O3/c1-5-17-11(15)12(3,10(2)16-4)14-8-6-13-7-9-14/h10,13H,5-9H2,1-4H3. The third-order valence-corrected chi connectivity index (χ3v) is 3.61. The average molecular weight is 244 g/mol. The number of ether oxygens (including phenoxy) is 2. The van der Waals surface area contributed by atoms with Gasteiger partial charge in [-0.15, -0.1) is 0 Å². The van der Waals surface area contributed by atoms with Crippen molar-refractivity contribution in [3.63, 3.8) is 0 Å². The summed E-state index contributed by atoms with van der Waals surface area (Å²) < 4.78 is 10.6. The zero-order chi connectivity index (χ0) is 12.9. The fraction of sp³-hybridized carbons (Fsp3) is 0.917. The molecule has 1 rings (SSSR count). The minimum absolute atomic E-state index is 0.195. The Hall–Kier alpha value is -0.650. The zero-order valence-electron chi connectivity index (χ0n) is 11.3. The van der Waals surface area contributed by atoms with Crippen molar-refractivity contribution in [2.24, 2.45) is 0 Å². The van der Waals surface area contributed by atoms with Crippen LogP contribution in [0.15, 0.2) is 0 Å². The summed E-state index contributed by atoms with van der Waals surface area (Å²) in [5, 5.41) is 3.28. The molecule has 0 bridgehead atoms. The van der Waals surface area contributed by atoms with Gasteiger partial charge in [0, 0.05) is 33.3 Å². The van der Waals surface area contributed by atoms with Crippen LogP contribution in [0.2, 0.25) is 0 Å². The predicted octanol–water partition coefficient (Wildman–Crippen LogP) is 0.248. The highest BCUT2D eigenvalue weighted by Gasteiger charge is 2.46. The Kier molecular flexibility index (Phi) is 5.36. The van der Waals surface area contributed by atoms with Crippen molar-refractivity contribution in [3.05, 3.63) is 0 Å². The van der Waals surface area contributed by atoms with E-state index in [4.69, 9.17) is 9.47 Å². The normalized spacial score (nSPS) is 22.8. The first-order chi connectivity index (χ1) is 8.07. The quantitative estimate of drug-likeness (QED) is 0.703. The highest BCUT2D eigenvalue weighted by atomic mass is 16.5. The van der Waals surface area contributed by atoms with E-state index < -0.39 is 5.54 Å². The van der Waals surface area contributed by atoms with Crippen molar-refractivity contribution >= 4 is 5.97 Å². The van der Waals surface area contributed by atoms with E-state index in [0.29, 0.717) is 6.61 Å². The van der Waals surface area contributed by atoms with Gasteiger partial charge in [0.15, 0.2) is 0 Å². The van der Waals surface area contributed by atoms with Gasteiger partial charge in [-0.25, -0.2) is 4.79 Å². The Morgan fingerprint density at radius 2 is 2.06 bits per heavy atom. The molecule has 2 atom stereocenters. The van der Waals surface area contributed by atoms with Crippen LogP contribution in [0.1, 0.15) is 20.8 Å². The Morgan fingerprint density at radius 3 is 2.53 bits per heavy atom. The number of methoxy groups -OCH3 is 1. The monoisotopic (exact) mass is 244 g/mol. The van der Waals surface area contributed by atoms with Crippen molar-refractivity contribution < 1.29 is 14.3 Å². The first-order valence-electron chi connectivity index (χ1n) is 6.23. The van der Waals surface area contributed by atoms with Crippen molar-refractivity contribution in [1.82, 2.24) is 10.2 Å². The summed E-state index contributed by atoms with van der Waals surface area (Å²) in [7, 11) is 1.63. The number of carbonyl (C=O) groups excluding carboxylic acids is 1. The third kappa shape index (κ3) is 2.97. The second kappa shape index (κ2) is 6.33. The molecule has 1 saturated heterocycles. The molecule has 2 unspecified atom stereocenters. The van der Waals surface area contributed by atoms with Crippen LogP contribution < -0.4 is 5.32 Å². The number of hydrogen-bond donors (Lipinski definition) is 1. The van der Waals surface area contributed by atoms with E-state index in [9.17, 15) is 4.79 Å². The smallest absolute Gasteiger partial charge is 0.328 e. The van der Waals surface area contributed by atoms with Crippen LogP contribution in [0.5, 0.6) is 0 Å². The number of carbonyl (C=O) groups is 1. The largest absolute Gasteiger partial charge is 0.465 e. The lowest BCUT2D eigenvalue weighted by molar-refractivity contribution is -0.167. The second-order valence-corrected chi connectivity index (χ2v) is 4.48. The van der Waals surface area contributed by atoms with Crippen LogP contribution in [-0.2, 0) is 14.3 Å². The van der Waals surface area contributed by atoms with Crippen LogP contribution in [-0.4, -0.2) is 62.4 Å². The van der Waals surface area contributed by atoms with Crippen molar-refractivity contribution in [1.29, 1.82) is 0 Å². The summed E-state index contributed by atoms with van der Waals surface area (Å²) in [5.74, 6) is -0.198. The topological polar surface area (TPSA) is 50.8 Å². The van der Waals surface area contributed by atoms with Crippen molar-refractivity contribution in [2.45, 2.75) is 32.4 Å². The molecule has 1 N–H and O–H groups in total. The Bertz CT molecular complexity index is 254. The fourth-order valence-corrected chi connectivity index (χ4v) is 2.19. The predicted molar refractivity (Wildman–Crippen MR) is 66.0 cm³/mol. The average Bonchev–Trinajstić information content (AvgIpc) is 2.38. The van der Waals surface area contributed by atoms with E-state index in [1.807, 2.05) is 20.8 Å². The molecule has 0 spiro atoms. The molecule has 0 amide bonds. The summed E-state index contributed by atoms with van der Waals surface area (Å²) in [4.78, 5) is 14.3. The van der Waals surface area contributed by atoms with Crippen LogP contribution in [0.3, 0.4) is 0 Å². The lowest BCUT2D eigenvalue weighted by Crippen LogP contribution is -2.64. The Balaban J connectivity index is 2.87. The van der Waals surface area contributed by atoms with Crippen LogP contribution in [0.25, 0.3) is 0 Å². The number of nitrogens with zero attached hydrogens (tertiary/aromatic N) is 1. The molecule has 0 aromatic carbocycles. The first kappa shape index (κ1) is 14.4. The van der Waals surface area contributed by atoms with E-state index >= 15 is 0 Å². The van der Waals surface area contributed by atoms with Gasteiger partial charge in [0.2, 0.25) is 0 Å². The number of hydrogen-bond acceptors (Lipinski definition) is 5. The molecule has 1 fully saturated rings. The summed E-state index contributed by atoms with van der Waals surface area (Å²) in [6.45, 7) is 9.51. The molecule has 17 heavy (non-hydrogen) atoms. The minimum Gasteiger partial charge on any atom is -0.465 e. The molecular formula is C12H24N2O3. The van der Waals surface area contributed by atoms with Crippen LogP contribution >= 0.6 is 0 Å². The molecule has 0 radical (unpaired) electrons. The molecule has 0 saturated carbocycles. The molecule has 1 aliphatic heterocycles. The van der Waals surface area contributed by atoms with Crippen molar-refractivity contribution in [2.75, 3.05) is 39.9 Å². The van der Waals surface area contributed by atoms with Crippen LogP contribution in [0, 0.1) is 0 Å². The highest BCUT2D eigenvalue weighted by molar-refractivity contribution is 5.81. The summed E-state index contributed by atoms with van der Waals surface area (Å²) >= 11 is 0. The molecule has 1 heterocycles. The first-order valence-corrected chi connectivity index (χ1v) is 6.23. The fourth-order valence-electron chi connectivity index (χ4n) is 2.19. The molecule has 0 aromatic heterocycles. The summed E-state index contributed by atoms with van der Waals surface area (Å²) in [6, 6.07) is 0. The summed E-state index contributed by atoms with van der Waals surface area (Å²) in [6.07, 6.45) is -0.195. The van der Waals surface area contributed by atoms with E-state index in [-0.39, 0.29) is 12.1 Å². The molecule has 5 heteroatoms. The van der Waals surface area contributed by atoms with Gasteiger partial charge in [0.1, 0.15) is 5.54 Å². The number of nitrogens with one attached hydrogen (secondary N) is 1. The number of piperazine rings is 1. The van der Waals surface area contributed by atoms with Crippen molar-refractivity contribution in [3.8, 4) is 0 Å². The SMILES string of the molecule is CCOC(=O)C(C)(C(C)OC)N1CCNCC1. The van der Waals surface area contributed by atoms with Gasteiger partial charge >= 0.3 is 5.97 Å². The molecule has 0 aliphatic carbocycles. The number of rotatable bonds is 5. The lowest BCUT2D eigenvalue weighted by atomic mass is 9.92. The van der Waals surface area contributed by atoms with Gasteiger partial charge in [0.25, 0.3) is 0 Å². The van der Waals surface area contributed by atoms with Crippen LogP contribution in [0.4, 0.5) is 0 Å². The molecule has 0 aromatic rings. The van der Waals surface area contributed by atoms with Gasteiger partial charge < -0.3 is 14.8 Å². The highest BCUT2D eigenvalue weighted by Crippen LogP contribution is 2.24. The maximum atomic E-state index is 12.2. The minimum atomic E-state index is -0.702. The number of esters is 1. The van der Waals surface area contributed by atoms with E-state index in [0.717, 1.165) is 26.2 Å². The third-order valence-electron chi connectivity index (χ3n) is 3.61. The van der Waals surface area contributed by atoms with Gasteiger partial charge in [0.05, 0.1) is 12.7 Å². The van der Waals surface area contributed by atoms with E-state index in [2.05, 4.69) is 10.2 Å². The van der Waals surface area contributed by atoms with Gasteiger partial charge in [-0.05, 0) is 20.8 Å². The van der Waals surface area contributed by atoms with Gasteiger partial charge in [-0.2, -0.15) is 0 Å². The lowest BCUT2D eigenvalue weighted by Gasteiger charge is -2.44. The Morgan fingerprint density at radius 1 is 1.47 bits per heavy atom. The maximum Gasteiger partial charge on any atom is 0.328 e. The van der Waals surface area contributed by atoms with E-state index in [1.165, 1.54) is 0 Å². The van der Waals surface area contributed by atoms with Gasteiger partial charge in [-0.3, -0.25) is 4.90 Å². The molecular weight excluding hydrogens is 220 g/mol. The molecule has 5 nitrogen and oxygen atoms in total. The zero-order valence-corrected chi connectivity index (χ0v) is 11.3. The maximum absolute atomic E-state index is 12.2. The molecule has 100 valence electrons. The second-order valence-electron chi connectivity index (χ2n) is 4.48. The van der Waals surface area contributed by atoms with E-state index in [1.54, 1.807) is 7.11 Å². The molecule has 1 aliphatic rings. The summed E-state index contributed by atoms with van der Waals surface area (Å²) in [5.41, 5.74) is -0.702. The Labute approximate surface area is 103 Å². The van der Waals surface area contributed by atoms with Gasteiger partial charge in [-0.1, -0.05) is 0 Å².